The van der Waals surface area contributed by atoms with E-state index in [1.54, 1.807) is 13.8 Å². The molecule has 19 heavy (non-hydrogen) atoms. The van der Waals surface area contributed by atoms with Gasteiger partial charge in [-0.2, -0.15) is 13.4 Å². The second kappa shape index (κ2) is 6.04. The van der Waals surface area contributed by atoms with Crippen LogP contribution in [-0.4, -0.2) is 33.1 Å². The van der Waals surface area contributed by atoms with Crippen LogP contribution in [0.4, 0.5) is 0 Å². The molecule has 1 N–H and O–H groups in total. The number of rotatable bonds is 6. The molecule has 0 bridgehead atoms. The number of hydrogen-bond donors (Lipinski definition) is 1. The molecule has 10 heteroatoms. The first-order valence-corrected chi connectivity index (χ1v) is 8.73. The molecule has 0 aliphatic heterocycles. The van der Waals surface area contributed by atoms with Crippen LogP contribution in [0.15, 0.2) is 23.2 Å². The molecule has 0 aromatic carbocycles. The SMILES string of the molecule is CC(C)NS(=O)(=O)c1cccc(OS(=O)(=O)CCl)n1. The van der Waals surface area contributed by atoms with Crippen molar-refractivity contribution in [1.29, 1.82) is 0 Å². The van der Waals surface area contributed by atoms with Crippen molar-refractivity contribution in [3.05, 3.63) is 18.2 Å². The standard InChI is InChI=1S/C9H13ClN2O5S2/c1-7(2)12-19(15,16)9-5-3-4-8(11-9)17-18(13,14)6-10/h3-5,7,12H,6H2,1-2H3. The normalized spacial score (nSPS) is 12.6. The molecule has 1 aromatic heterocycles. The van der Waals surface area contributed by atoms with Crippen LogP contribution in [-0.2, 0) is 20.1 Å². The Morgan fingerprint density at radius 2 is 1.95 bits per heavy atom. The Bertz CT molecular complexity index is 642. The Kier molecular flexibility index (Phi) is 5.13. The molecule has 0 saturated heterocycles. The molecular formula is C9H13ClN2O5S2. The third-order valence-electron chi connectivity index (χ3n) is 1.71. The molecule has 0 fully saturated rings. The van der Waals surface area contributed by atoms with Gasteiger partial charge in [-0.15, -0.1) is 11.6 Å². The number of nitrogens with zero attached hydrogens (tertiary/aromatic N) is 1. The highest BCUT2D eigenvalue weighted by Gasteiger charge is 2.19. The van der Waals surface area contributed by atoms with Crippen molar-refractivity contribution in [2.75, 3.05) is 5.21 Å². The second-order valence-corrected chi connectivity index (χ2v) is 7.66. The molecule has 108 valence electrons. The quantitative estimate of drug-likeness (QED) is 0.608. The van der Waals surface area contributed by atoms with E-state index in [4.69, 9.17) is 11.6 Å². The van der Waals surface area contributed by atoms with Gasteiger partial charge in [0.15, 0.2) is 10.2 Å². The highest BCUT2D eigenvalue weighted by molar-refractivity contribution is 7.89. The number of nitrogens with one attached hydrogen (secondary N) is 1. The lowest BCUT2D eigenvalue weighted by Gasteiger charge is -2.09. The number of pyridine rings is 1. The maximum atomic E-state index is 11.8. The number of alkyl halides is 1. The van der Waals surface area contributed by atoms with Crippen molar-refractivity contribution in [3.8, 4) is 5.88 Å². The van der Waals surface area contributed by atoms with Gasteiger partial charge in [0.25, 0.3) is 10.0 Å². The van der Waals surface area contributed by atoms with Crippen molar-refractivity contribution in [3.63, 3.8) is 0 Å². The van der Waals surface area contributed by atoms with Crippen molar-refractivity contribution >= 4 is 31.7 Å². The Balaban J connectivity index is 3.08. The van der Waals surface area contributed by atoms with Crippen LogP contribution in [0.2, 0.25) is 0 Å². The van der Waals surface area contributed by atoms with Gasteiger partial charge in [0.1, 0.15) is 0 Å². The summed E-state index contributed by atoms with van der Waals surface area (Å²) in [5, 5.41) is -1.08. The van der Waals surface area contributed by atoms with E-state index < -0.39 is 25.4 Å². The summed E-state index contributed by atoms with van der Waals surface area (Å²) in [5.41, 5.74) is 0. The molecule has 0 radical (unpaired) electrons. The molecule has 7 nitrogen and oxygen atoms in total. The Labute approximate surface area is 117 Å². The summed E-state index contributed by atoms with van der Waals surface area (Å²) in [5.74, 6) is -0.354. The van der Waals surface area contributed by atoms with Crippen LogP contribution < -0.4 is 8.91 Å². The molecule has 0 saturated carbocycles. The Morgan fingerprint density at radius 1 is 1.32 bits per heavy atom. The fourth-order valence-electron chi connectivity index (χ4n) is 1.11. The van der Waals surface area contributed by atoms with Gasteiger partial charge in [0.2, 0.25) is 5.88 Å². The summed E-state index contributed by atoms with van der Waals surface area (Å²) in [6, 6.07) is 3.45. The third-order valence-corrected chi connectivity index (χ3v) is 4.76. The lowest BCUT2D eigenvalue weighted by molar-refractivity contribution is 0.476. The van der Waals surface area contributed by atoms with Crippen molar-refractivity contribution in [2.24, 2.45) is 0 Å². The van der Waals surface area contributed by atoms with E-state index in [2.05, 4.69) is 13.9 Å². The minimum absolute atomic E-state index is 0.317. The number of sulfonamides is 1. The zero-order chi connectivity index (χ0) is 14.7. The Morgan fingerprint density at radius 3 is 2.47 bits per heavy atom. The fourth-order valence-corrected chi connectivity index (χ4v) is 2.86. The molecule has 1 aromatic rings. The van der Waals surface area contributed by atoms with E-state index in [0.717, 1.165) is 0 Å². The molecule has 0 spiro atoms. The van der Waals surface area contributed by atoms with Gasteiger partial charge in [-0.05, 0) is 19.9 Å². The topological polar surface area (TPSA) is 102 Å². The van der Waals surface area contributed by atoms with Gasteiger partial charge in [-0.25, -0.2) is 13.1 Å². The molecule has 0 atom stereocenters. The van der Waals surface area contributed by atoms with Crippen LogP contribution in [0.25, 0.3) is 0 Å². The second-order valence-electron chi connectivity index (χ2n) is 3.84. The first kappa shape index (κ1) is 16.2. The van der Waals surface area contributed by atoms with Gasteiger partial charge in [-0.3, -0.25) is 0 Å². The van der Waals surface area contributed by atoms with E-state index in [1.165, 1.54) is 18.2 Å². The minimum Gasteiger partial charge on any atom is -0.361 e. The number of halogens is 1. The summed E-state index contributed by atoms with van der Waals surface area (Å²) in [6.45, 7) is 3.30. The maximum Gasteiger partial charge on any atom is 0.324 e. The smallest absolute Gasteiger partial charge is 0.324 e. The number of aromatic nitrogens is 1. The van der Waals surface area contributed by atoms with Crippen LogP contribution in [0.1, 0.15) is 13.8 Å². The predicted molar refractivity (Wildman–Crippen MR) is 70.0 cm³/mol. The van der Waals surface area contributed by atoms with E-state index in [-0.39, 0.29) is 16.9 Å². The van der Waals surface area contributed by atoms with Gasteiger partial charge in [0.05, 0.1) is 0 Å². The molecular weight excluding hydrogens is 316 g/mol. The predicted octanol–water partition coefficient (Wildman–Crippen LogP) is 0.673. The average molecular weight is 329 g/mol. The van der Waals surface area contributed by atoms with E-state index in [9.17, 15) is 16.8 Å². The molecule has 0 amide bonds. The molecule has 0 aliphatic rings. The van der Waals surface area contributed by atoms with E-state index >= 15 is 0 Å². The molecule has 0 unspecified atom stereocenters. The monoisotopic (exact) mass is 328 g/mol. The summed E-state index contributed by atoms with van der Waals surface area (Å²) in [4.78, 5) is 3.62. The summed E-state index contributed by atoms with van der Waals surface area (Å²) in [6.07, 6.45) is 0. The molecule has 1 heterocycles. The lowest BCUT2D eigenvalue weighted by atomic mass is 10.4. The summed E-state index contributed by atoms with van der Waals surface area (Å²) >= 11 is 5.17. The zero-order valence-electron chi connectivity index (χ0n) is 10.2. The summed E-state index contributed by atoms with van der Waals surface area (Å²) < 4.78 is 52.8. The highest BCUT2D eigenvalue weighted by Crippen LogP contribution is 2.14. The van der Waals surface area contributed by atoms with Crippen molar-refractivity contribution in [1.82, 2.24) is 9.71 Å². The first-order valence-electron chi connectivity index (χ1n) is 5.14. The van der Waals surface area contributed by atoms with Crippen LogP contribution in [0.3, 0.4) is 0 Å². The van der Waals surface area contributed by atoms with E-state index in [0.29, 0.717) is 0 Å². The number of hydrogen-bond acceptors (Lipinski definition) is 6. The van der Waals surface area contributed by atoms with Gasteiger partial charge >= 0.3 is 10.1 Å². The van der Waals surface area contributed by atoms with Crippen molar-refractivity contribution in [2.45, 2.75) is 24.9 Å². The zero-order valence-corrected chi connectivity index (χ0v) is 12.6. The van der Waals surface area contributed by atoms with Crippen molar-refractivity contribution < 1.29 is 21.0 Å². The average Bonchev–Trinajstić information content (AvgIpc) is 2.27. The van der Waals surface area contributed by atoms with Gasteiger partial charge < -0.3 is 4.18 Å². The first-order chi connectivity index (χ1) is 8.66. The van der Waals surface area contributed by atoms with Gasteiger partial charge in [-0.1, -0.05) is 6.07 Å². The summed E-state index contributed by atoms with van der Waals surface area (Å²) in [7, 11) is -7.78. The third kappa shape index (κ3) is 4.94. The Hall–Kier alpha value is -0.900. The molecule has 1 rings (SSSR count). The van der Waals surface area contributed by atoms with Crippen LogP contribution >= 0.6 is 11.6 Å². The fraction of sp³-hybridized carbons (Fsp3) is 0.444. The van der Waals surface area contributed by atoms with Gasteiger partial charge in [0, 0.05) is 12.1 Å². The lowest BCUT2D eigenvalue weighted by Crippen LogP contribution is -2.30. The van der Waals surface area contributed by atoms with Crippen LogP contribution in [0, 0.1) is 0 Å². The molecule has 0 aliphatic carbocycles. The van der Waals surface area contributed by atoms with Crippen LogP contribution in [0.5, 0.6) is 5.88 Å². The largest absolute Gasteiger partial charge is 0.361 e. The highest BCUT2D eigenvalue weighted by atomic mass is 35.5. The minimum atomic E-state index is -3.97. The van der Waals surface area contributed by atoms with E-state index in [1.807, 2.05) is 0 Å². The maximum absolute atomic E-state index is 11.8.